The van der Waals surface area contributed by atoms with E-state index in [0.717, 1.165) is 35.8 Å². The van der Waals surface area contributed by atoms with Crippen molar-refractivity contribution < 1.29 is 9.47 Å². The molecule has 2 aromatic carbocycles. The lowest BCUT2D eigenvalue weighted by Gasteiger charge is -2.18. The Balaban J connectivity index is 2.01. The minimum Gasteiger partial charge on any atom is -0.496 e. The minimum atomic E-state index is 0.666. The first kappa shape index (κ1) is 17.2. The highest BCUT2D eigenvalue weighted by Crippen LogP contribution is 2.28. The van der Waals surface area contributed by atoms with Crippen LogP contribution in [0.2, 0.25) is 0 Å². The molecule has 4 nitrogen and oxygen atoms in total. The number of ether oxygens (including phenoxy) is 2. The maximum atomic E-state index is 5.75. The maximum absolute atomic E-state index is 5.75. The monoisotopic (exact) mass is 314 g/mol. The summed E-state index contributed by atoms with van der Waals surface area (Å²) in [5, 5.41) is 3.46. The van der Waals surface area contributed by atoms with Crippen molar-refractivity contribution in [2.24, 2.45) is 0 Å². The highest BCUT2D eigenvalue weighted by Gasteiger charge is 2.07. The van der Waals surface area contributed by atoms with E-state index in [4.69, 9.17) is 9.47 Å². The minimum absolute atomic E-state index is 0.666. The number of nitrogens with zero attached hydrogens (tertiary/aromatic N) is 1. The standard InChI is InChI=1S/C19H26N2O2/c1-5-23-19-12-15(10-11-17(19)21(2)3)13-20-14-16-8-6-7-9-18(16)22-4/h6-12,20H,5,13-14H2,1-4H3. The molecule has 1 N–H and O–H groups in total. The van der Waals surface area contributed by atoms with Gasteiger partial charge in [-0.05, 0) is 30.7 Å². The van der Waals surface area contributed by atoms with Crippen LogP contribution in [0.5, 0.6) is 11.5 Å². The molecule has 0 atom stereocenters. The third-order valence-electron chi connectivity index (χ3n) is 3.64. The summed E-state index contributed by atoms with van der Waals surface area (Å²) < 4.78 is 11.1. The van der Waals surface area contributed by atoms with Gasteiger partial charge < -0.3 is 19.7 Å². The van der Waals surface area contributed by atoms with Crippen molar-refractivity contribution in [2.75, 3.05) is 32.7 Å². The number of para-hydroxylation sites is 1. The molecule has 0 saturated heterocycles. The topological polar surface area (TPSA) is 33.7 Å². The molecule has 0 spiro atoms. The predicted octanol–water partition coefficient (Wildman–Crippen LogP) is 3.45. The second kappa shape index (κ2) is 8.44. The molecule has 2 rings (SSSR count). The maximum Gasteiger partial charge on any atom is 0.142 e. The van der Waals surface area contributed by atoms with Gasteiger partial charge in [0.25, 0.3) is 0 Å². The van der Waals surface area contributed by atoms with Crippen molar-refractivity contribution in [2.45, 2.75) is 20.0 Å². The first-order chi connectivity index (χ1) is 11.2. The normalized spacial score (nSPS) is 10.4. The smallest absolute Gasteiger partial charge is 0.142 e. The number of anilines is 1. The molecule has 0 radical (unpaired) electrons. The van der Waals surface area contributed by atoms with Gasteiger partial charge >= 0.3 is 0 Å². The van der Waals surface area contributed by atoms with Crippen LogP contribution in [-0.4, -0.2) is 27.8 Å². The van der Waals surface area contributed by atoms with Gasteiger partial charge in [-0.2, -0.15) is 0 Å². The van der Waals surface area contributed by atoms with Crippen molar-refractivity contribution in [3.8, 4) is 11.5 Å². The molecule has 23 heavy (non-hydrogen) atoms. The van der Waals surface area contributed by atoms with E-state index in [1.54, 1.807) is 7.11 Å². The van der Waals surface area contributed by atoms with Crippen LogP contribution in [0.25, 0.3) is 0 Å². The Morgan fingerprint density at radius 2 is 1.78 bits per heavy atom. The molecule has 0 fully saturated rings. The van der Waals surface area contributed by atoms with Crippen LogP contribution in [0.4, 0.5) is 5.69 Å². The summed E-state index contributed by atoms with van der Waals surface area (Å²) in [5.41, 5.74) is 3.46. The fourth-order valence-electron chi connectivity index (χ4n) is 2.50. The molecule has 4 heteroatoms. The van der Waals surface area contributed by atoms with Gasteiger partial charge in [0.05, 0.1) is 19.4 Å². The van der Waals surface area contributed by atoms with Gasteiger partial charge in [0.15, 0.2) is 0 Å². The zero-order valence-electron chi connectivity index (χ0n) is 14.4. The van der Waals surface area contributed by atoms with E-state index in [9.17, 15) is 0 Å². The van der Waals surface area contributed by atoms with E-state index in [1.807, 2.05) is 39.2 Å². The highest BCUT2D eigenvalue weighted by atomic mass is 16.5. The van der Waals surface area contributed by atoms with Crippen LogP contribution in [0.15, 0.2) is 42.5 Å². The van der Waals surface area contributed by atoms with Gasteiger partial charge in [0, 0.05) is 32.7 Å². The van der Waals surface area contributed by atoms with E-state index in [1.165, 1.54) is 5.56 Å². The summed E-state index contributed by atoms with van der Waals surface area (Å²) in [7, 11) is 5.75. The number of rotatable bonds is 8. The van der Waals surface area contributed by atoms with Gasteiger partial charge in [-0.3, -0.25) is 0 Å². The zero-order valence-corrected chi connectivity index (χ0v) is 14.4. The Morgan fingerprint density at radius 1 is 1.00 bits per heavy atom. The van der Waals surface area contributed by atoms with E-state index in [-0.39, 0.29) is 0 Å². The van der Waals surface area contributed by atoms with Crippen LogP contribution in [-0.2, 0) is 13.1 Å². The molecule has 0 aliphatic heterocycles. The van der Waals surface area contributed by atoms with Crippen LogP contribution in [0.3, 0.4) is 0 Å². The molecule has 0 saturated carbocycles. The molecular formula is C19H26N2O2. The van der Waals surface area contributed by atoms with Gasteiger partial charge in [0.2, 0.25) is 0 Å². The van der Waals surface area contributed by atoms with Gasteiger partial charge in [-0.1, -0.05) is 24.3 Å². The van der Waals surface area contributed by atoms with Crippen molar-refractivity contribution in [3.05, 3.63) is 53.6 Å². The van der Waals surface area contributed by atoms with Crippen molar-refractivity contribution in [1.82, 2.24) is 5.32 Å². The number of methoxy groups -OCH3 is 1. The fourth-order valence-corrected chi connectivity index (χ4v) is 2.50. The third kappa shape index (κ3) is 4.63. The molecule has 0 unspecified atom stereocenters. The lowest BCUT2D eigenvalue weighted by atomic mass is 10.1. The third-order valence-corrected chi connectivity index (χ3v) is 3.64. The largest absolute Gasteiger partial charge is 0.496 e. The fraction of sp³-hybridized carbons (Fsp3) is 0.368. The van der Waals surface area contributed by atoms with Crippen LogP contribution in [0, 0.1) is 0 Å². The SMILES string of the molecule is CCOc1cc(CNCc2ccccc2OC)ccc1N(C)C. The van der Waals surface area contributed by atoms with E-state index in [0.29, 0.717) is 6.61 Å². The second-order valence-corrected chi connectivity index (χ2v) is 5.54. The summed E-state index contributed by atoms with van der Waals surface area (Å²) in [6, 6.07) is 14.4. The number of hydrogen-bond acceptors (Lipinski definition) is 4. The molecule has 0 aromatic heterocycles. The molecule has 0 aliphatic carbocycles. The second-order valence-electron chi connectivity index (χ2n) is 5.54. The molecule has 0 heterocycles. The molecule has 124 valence electrons. The van der Waals surface area contributed by atoms with Crippen LogP contribution >= 0.6 is 0 Å². The Labute approximate surface area is 139 Å². The average molecular weight is 314 g/mol. The molecule has 2 aromatic rings. The van der Waals surface area contributed by atoms with E-state index in [2.05, 4.69) is 34.5 Å². The first-order valence-electron chi connectivity index (χ1n) is 7.91. The summed E-state index contributed by atoms with van der Waals surface area (Å²) in [4.78, 5) is 2.07. The van der Waals surface area contributed by atoms with Crippen molar-refractivity contribution in [3.63, 3.8) is 0 Å². The Bertz CT molecular complexity index is 627. The van der Waals surface area contributed by atoms with E-state index >= 15 is 0 Å². The quantitative estimate of drug-likeness (QED) is 0.809. The summed E-state index contributed by atoms with van der Waals surface area (Å²) >= 11 is 0. The summed E-state index contributed by atoms with van der Waals surface area (Å²) in [5.74, 6) is 1.84. The molecule has 0 aliphatic rings. The lowest BCUT2D eigenvalue weighted by Crippen LogP contribution is -2.15. The number of hydrogen-bond donors (Lipinski definition) is 1. The predicted molar refractivity (Wildman–Crippen MR) is 95.5 cm³/mol. The Morgan fingerprint density at radius 3 is 2.48 bits per heavy atom. The average Bonchev–Trinajstić information content (AvgIpc) is 2.55. The summed E-state index contributed by atoms with van der Waals surface area (Å²) in [6.07, 6.45) is 0. The van der Waals surface area contributed by atoms with Gasteiger partial charge in [-0.15, -0.1) is 0 Å². The van der Waals surface area contributed by atoms with Crippen LogP contribution < -0.4 is 19.7 Å². The van der Waals surface area contributed by atoms with Gasteiger partial charge in [0.1, 0.15) is 11.5 Å². The van der Waals surface area contributed by atoms with Crippen LogP contribution in [0.1, 0.15) is 18.1 Å². The highest BCUT2D eigenvalue weighted by molar-refractivity contribution is 5.58. The molecular weight excluding hydrogens is 288 g/mol. The number of nitrogens with one attached hydrogen (secondary N) is 1. The molecule has 0 bridgehead atoms. The van der Waals surface area contributed by atoms with Crippen molar-refractivity contribution >= 4 is 5.69 Å². The van der Waals surface area contributed by atoms with Gasteiger partial charge in [-0.25, -0.2) is 0 Å². The molecule has 0 amide bonds. The van der Waals surface area contributed by atoms with Crippen molar-refractivity contribution in [1.29, 1.82) is 0 Å². The lowest BCUT2D eigenvalue weighted by molar-refractivity contribution is 0.340. The summed E-state index contributed by atoms with van der Waals surface area (Å²) in [6.45, 7) is 4.22. The zero-order chi connectivity index (χ0) is 16.7. The Hall–Kier alpha value is -2.20. The first-order valence-corrected chi connectivity index (χ1v) is 7.91. The number of benzene rings is 2. The Kier molecular flexibility index (Phi) is 6.29. The van der Waals surface area contributed by atoms with E-state index < -0.39 is 0 Å².